The van der Waals surface area contributed by atoms with E-state index in [-0.39, 0.29) is 87.9 Å². The number of ether oxygens (including phenoxy) is 2. The Kier molecular flexibility index (Phi) is 32.1. The molecule has 0 spiro atoms. The maximum atomic E-state index is 12.1. The Morgan fingerprint density at radius 1 is 0.627 bits per heavy atom. The van der Waals surface area contributed by atoms with Crippen LogP contribution in [-0.2, 0) is 54.6 Å². The minimum absolute atomic E-state index is 0. The fourth-order valence-corrected chi connectivity index (χ4v) is 6.21. The number of carboxylic acids is 1. The maximum absolute atomic E-state index is 12.1. The van der Waals surface area contributed by atoms with E-state index in [0.717, 1.165) is 12.5 Å². The van der Waals surface area contributed by atoms with Crippen molar-refractivity contribution in [3.8, 4) is 52.0 Å². The van der Waals surface area contributed by atoms with E-state index in [1.165, 1.54) is 31.2 Å². The summed E-state index contributed by atoms with van der Waals surface area (Å²) >= 11 is 2.89. The number of halogens is 1. The van der Waals surface area contributed by atoms with E-state index in [2.05, 4.69) is 30.9 Å². The Labute approximate surface area is 455 Å². The van der Waals surface area contributed by atoms with Crippen LogP contribution in [0.25, 0.3) is 33.8 Å². The van der Waals surface area contributed by atoms with E-state index in [4.69, 9.17) is 40.9 Å². The molecule has 6 rings (SSSR count). The molecule has 0 amide bonds. The molecule has 3 heterocycles. The van der Waals surface area contributed by atoms with E-state index >= 15 is 0 Å². The van der Waals surface area contributed by atoms with Gasteiger partial charge in [0.2, 0.25) is 0 Å². The van der Waals surface area contributed by atoms with Crippen LogP contribution >= 0.6 is 15.9 Å². The Hall–Kier alpha value is -8.64. The first-order valence-electron chi connectivity index (χ1n) is 21.9. The number of benzene rings is 3. The van der Waals surface area contributed by atoms with Crippen LogP contribution in [0.5, 0.6) is 0 Å². The fraction of sp³-hybridized carbons (Fsp3) is 0.245. The third kappa shape index (κ3) is 22.8. The van der Waals surface area contributed by atoms with Crippen LogP contribution in [0.15, 0.2) is 127 Å². The van der Waals surface area contributed by atoms with Gasteiger partial charge in [0.25, 0.3) is 17.3 Å². The van der Waals surface area contributed by atoms with Gasteiger partial charge >= 0.3 is 11.9 Å². The summed E-state index contributed by atoms with van der Waals surface area (Å²) in [5.74, 6) is -3.45. The number of nitrogens with two attached hydrogens (primary N) is 1. The van der Waals surface area contributed by atoms with Gasteiger partial charge in [-0.3, -0.25) is 39.4 Å². The fourth-order valence-electron chi connectivity index (χ4n) is 6.21. The number of rotatable bonds is 15. The second-order valence-electron chi connectivity index (χ2n) is 14.6. The average Bonchev–Trinajstić information content (AvgIpc) is 3.38. The summed E-state index contributed by atoms with van der Waals surface area (Å²) in [5.41, 5.74) is 10.7. The Bertz CT molecular complexity index is 2930. The van der Waals surface area contributed by atoms with Gasteiger partial charge in [-0.2, -0.15) is 15.8 Å². The molecule has 0 aliphatic rings. The number of hydrogen-bond donors (Lipinski definition) is 2. The summed E-state index contributed by atoms with van der Waals surface area (Å²) in [6, 6.07) is 41.8. The number of aliphatic carboxylic acids is 1. The van der Waals surface area contributed by atoms with Crippen LogP contribution in [0.2, 0.25) is 0 Å². The van der Waals surface area contributed by atoms with Gasteiger partial charge in [0.05, 0.1) is 82.2 Å². The predicted octanol–water partition coefficient (Wildman–Crippen LogP) is 10.5. The van der Waals surface area contributed by atoms with Crippen molar-refractivity contribution in [3.63, 3.8) is 0 Å². The number of alkyl halides is 1. The quantitative estimate of drug-likeness (QED) is 0.0317. The van der Waals surface area contributed by atoms with Crippen LogP contribution in [0.3, 0.4) is 0 Å². The molecule has 0 saturated carbocycles. The van der Waals surface area contributed by atoms with E-state index in [9.17, 15) is 34.6 Å². The number of hydrogen-bond acceptors (Lipinski definition) is 17. The Morgan fingerprint density at radius 3 is 1.32 bits per heavy atom. The smallest absolute Gasteiger partial charge is 0.316 e. The first kappa shape index (κ1) is 66.4. The van der Waals surface area contributed by atoms with Crippen molar-refractivity contribution in [2.45, 2.75) is 66.2 Å². The molecule has 2 unspecified atom stereocenters. The number of nitro groups is 2. The summed E-state index contributed by atoms with van der Waals surface area (Å²) in [4.78, 5) is 78.5. The van der Waals surface area contributed by atoms with Gasteiger partial charge in [0.1, 0.15) is 29.0 Å². The zero-order chi connectivity index (χ0) is 54.3. The third-order valence-corrected chi connectivity index (χ3v) is 9.50. The van der Waals surface area contributed by atoms with Crippen LogP contribution in [0.1, 0.15) is 76.9 Å². The van der Waals surface area contributed by atoms with Crippen molar-refractivity contribution in [3.05, 3.63) is 165 Å². The maximum Gasteiger partial charge on any atom is 0.316 e. The minimum Gasteiger partial charge on any atom is -0.481 e. The number of nitriles is 3. The van der Waals surface area contributed by atoms with E-state index < -0.39 is 39.6 Å². The van der Waals surface area contributed by atoms with Crippen LogP contribution in [0.4, 0.5) is 17.1 Å². The standard InChI is InChI=1S/C17H15N3O4.C17H17N3O2.C14H12N2O3.C2H2BrN.C2H4O2.CH4.Zn/c1-2-24-17(21)13(10-11-18)14-8-9-15(20(22)23)16(19-14)12-6-4-3-5-7-12;1-2-22-17(21)13(10-11-18)15-9-8-14(19)16(20-15)12-6-4-3-5-7-12;1-10(17)9-12-7-8-13(16(18)19)14(15-12)11-5-3-2-4-6-11;3-1-2-4;1-2(3)4;;/h3-9,13H,2,10H2,1H3;3-9,13H,2,10,19H2,1H3;2-8H,9H2,1H3;1H2;1H3,(H,3,4);1H4;. The van der Waals surface area contributed by atoms with Gasteiger partial charge in [-0.1, -0.05) is 114 Å². The number of nitrogen functional groups attached to an aromatic ring is 1. The molecule has 0 saturated heterocycles. The predicted molar refractivity (Wildman–Crippen MR) is 280 cm³/mol. The van der Waals surface area contributed by atoms with Gasteiger partial charge in [-0.25, -0.2) is 15.0 Å². The second kappa shape index (κ2) is 36.3. The summed E-state index contributed by atoms with van der Waals surface area (Å²) < 4.78 is 10.00. The van der Waals surface area contributed by atoms with E-state index in [1.54, 1.807) is 80.6 Å². The van der Waals surface area contributed by atoms with Crippen LogP contribution in [-0.4, -0.2) is 72.1 Å². The molecule has 20 nitrogen and oxygen atoms in total. The zero-order valence-electron chi connectivity index (χ0n) is 40.8. The number of carbonyl (C=O) groups excluding carboxylic acids is 3. The number of pyridine rings is 3. The minimum atomic E-state index is -0.877. The normalized spacial score (nSPS) is 10.2. The molecule has 22 heteroatoms. The van der Waals surface area contributed by atoms with Crippen LogP contribution in [0, 0.1) is 54.2 Å². The number of Topliss-reactive ketones (excluding diaryl/α,β-unsaturated/α-hetero) is 1. The van der Waals surface area contributed by atoms with Crippen molar-refractivity contribution in [1.82, 2.24) is 15.0 Å². The van der Waals surface area contributed by atoms with Gasteiger partial charge < -0.3 is 20.3 Å². The molecule has 0 aliphatic carbocycles. The van der Waals surface area contributed by atoms with Crippen molar-refractivity contribution in [1.29, 1.82) is 15.8 Å². The summed E-state index contributed by atoms with van der Waals surface area (Å²) in [5, 5.41) is 55.6. The molecule has 3 N–H and O–H groups in total. The number of anilines is 1. The number of aromatic nitrogens is 3. The molecule has 0 fully saturated rings. The van der Waals surface area contributed by atoms with Crippen molar-refractivity contribution < 1.29 is 63.1 Å². The zero-order valence-corrected chi connectivity index (χ0v) is 45.3. The number of esters is 2. The van der Waals surface area contributed by atoms with Gasteiger partial charge in [-0.05, 0) is 45.0 Å². The van der Waals surface area contributed by atoms with E-state index in [1.807, 2.05) is 54.6 Å². The second-order valence-corrected chi connectivity index (χ2v) is 15.1. The number of carboxylic acid groups (broad SMARTS) is 1. The summed E-state index contributed by atoms with van der Waals surface area (Å²) in [6.45, 7) is 6.39. The molecular weight excluding hydrogens is 1080 g/mol. The van der Waals surface area contributed by atoms with Crippen LogP contribution < -0.4 is 5.73 Å². The molecule has 0 radical (unpaired) electrons. The number of nitrogens with zero attached hydrogens (tertiary/aromatic N) is 8. The molecule has 3 aromatic carbocycles. The summed E-state index contributed by atoms with van der Waals surface area (Å²) in [6.07, 6.45) is 0.0830. The molecule has 0 bridgehead atoms. The Morgan fingerprint density at radius 2 is 0.973 bits per heavy atom. The first-order valence-corrected chi connectivity index (χ1v) is 23.0. The topological polar surface area (TPSA) is 329 Å². The van der Waals surface area contributed by atoms with Gasteiger partial charge in [0, 0.05) is 67.3 Å². The number of carbonyl (C=O) groups is 4. The van der Waals surface area contributed by atoms with Gasteiger partial charge in [0.15, 0.2) is 0 Å². The molecule has 6 aromatic rings. The van der Waals surface area contributed by atoms with E-state index in [0.29, 0.717) is 44.9 Å². The number of ketones is 1. The Balaban J connectivity index is 0.00000101. The molecule has 386 valence electrons. The third-order valence-electron chi connectivity index (χ3n) is 9.25. The van der Waals surface area contributed by atoms with Gasteiger partial charge in [-0.15, -0.1) is 0 Å². The SMILES string of the molecule is C.CC(=O)Cc1ccc([N+](=O)[O-])c(-c2ccccc2)n1.CC(=O)O.CCOC(=O)C(CC#N)c1ccc(N)c(-c2ccccc2)n1.CCOC(=O)C(CC#N)c1ccc([N+](=O)[O-])c(-c2ccccc2)n1.N#CCBr.[Zn]. The molecule has 75 heavy (non-hydrogen) atoms. The average molecular weight is 1140 g/mol. The van der Waals surface area contributed by atoms with Crippen molar-refractivity contribution in [2.75, 3.05) is 24.3 Å². The summed E-state index contributed by atoms with van der Waals surface area (Å²) in [7, 11) is 0. The molecule has 3 aromatic heterocycles. The van der Waals surface area contributed by atoms with Crippen molar-refractivity contribution >= 4 is 56.7 Å². The molecule has 2 atom stereocenters. The first-order chi connectivity index (χ1) is 35.0. The largest absolute Gasteiger partial charge is 0.481 e. The molecule has 0 aliphatic heterocycles. The van der Waals surface area contributed by atoms with Crippen molar-refractivity contribution in [2.24, 2.45) is 0 Å². The molecular formula is C53H54BrN9O11Zn. The monoisotopic (exact) mass is 1140 g/mol.